The van der Waals surface area contributed by atoms with Gasteiger partial charge >= 0.3 is 0 Å². The summed E-state index contributed by atoms with van der Waals surface area (Å²) in [5, 5.41) is 2.82. The zero-order valence-corrected chi connectivity index (χ0v) is 14.3. The molecular weight excluding hydrogens is 334 g/mol. The van der Waals surface area contributed by atoms with Crippen molar-refractivity contribution < 1.29 is 23.5 Å². The van der Waals surface area contributed by atoms with E-state index in [1.165, 1.54) is 14.2 Å². The summed E-state index contributed by atoms with van der Waals surface area (Å²) >= 11 is 0. The van der Waals surface area contributed by atoms with Crippen molar-refractivity contribution in [3.05, 3.63) is 65.9 Å². The summed E-state index contributed by atoms with van der Waals surface area (Å²) in [6.45, 7) is 0. The first-order valence-corrected chi connectivity index (χ1v) is 7.84. The van der Waals surface area contributed by atoms with E-state index in [1.54, 1.807) is 48.5 Å². The van der Waals surface area contributed by atoms with Gasteiger partial charge in [-0.25, -0.2) is 0 Å². The fourth-order valence-electron chi connectivity index (χ4n) is 2.53. The van der Waals surface area contributed by atoms with Crippen LogP contribution in [0.15, 0.2) is 59.0 Å². The van der Waals surface area contributed by atoms with Crippen LogP contribution in [0.2, 0.25) is 0 Å². The fourth-order valence-corrected chi connectivity index (χ4v) is 2.53. The van der Waals surface area contributed by atoms with Crippen molar-refractivity contribution in [2.75, 3.05) is 19.5 Å². The molecule has 0 fully saturated rings. The number of furan rings is 1. The number of methoxy groups -OCH3 is 2. The van der Waals surface area contributed by atoms with Crippen molar-refractivity contribution in [2.45, 2.75) is 0 Å². The molecule has 0 saturated carbocycles. The minimum Gasteiger partial charge on any atom is -0.496 e. The third-order valence-electron chi connectivity index (χ3n) is 3.81. The molecule has 6 heteroatoms. The van der Waals surface area contributed by atoms with E-state index in [0.717, 1.165) is 0 Å². The Kier molecular flexibility index (Phi) is 5.03. The van der Waals surface area contributed by atoms with Crippen LogP contribution in [-0.2, 0) is 0 Å². The number of amides is 1. The molecule has 0 unspecified atom stereocenters. The molecule has 132 valence electrons. The van der Waals surface area contributed by atoms with E-state index in [4.69, 9.17) is 13.9 Å². The molecule has 1 N–H and O–H groups in total. The summed E-state index contributed by atoms with van der Waals surface area (Å²) in [5.74, 6) is 1.32. The second kappa shape index (κ2) is 7.57. The Hall–Kier alpha value is -3.54. The Morgan fingerprint density at radius 1 is 1.00 bits per heavy atom. The van der Waals surface area contributed by atoms with Gasteiger partial charge in [0.05, 0.1) is 25.5 Å². The van der Waals surface area contributed by atoms with E-state index < -0.39 is 0 Å². The summed E-state index contributed by atoms with van der Waals surface area (Å²) in [5.41, 5.74) is 1.60. The Morgan fingerprint density at radius 3 is 2.35 bits per heavy atom. The van der Waals surface area contributed by atoms with E-state index in [0.29, 0.717) is 40.4 Å². The SMILES string of the molecule is COc1cc(-c2ccc(C=O)o2)c(OC)cc1NC(=O)c1ccccc1. The van der Waals surface area contributed by atoms with Crippen molar-refractivity contribution in [1.82, 2.24) is 0 Å². The van der Waals surface area contributed by atoms with Crippen LogP contribution in [0.25, 0.3) is 11.3 Å². The quantitative estimate of drug-likeness (QED) is 0.679. The van der Waals surface area contributed by atoms with Gasteiger partial charge in [0.25, 0.3) is 5.91 Å². The largest absolute Gasteiger partial charge is 0.496 e. The highest BCUT2D eigenvalue weighted by atomic mass is 16.5. The number of carbonyl (C=O) groups excluding carboxylic acids is 2. The minimum absolute atomic E-state index is 0.211. The Bertz CT molecular complexity index is 931. The summed E-state index contributed by atoms with van der Waals surface area (Å²) < 4.78 is 16.3. The number of ether oxygens (including phenoxy) is 2. The second-order valence-electron chi connectivity index (χ2n) is 5.39. The van der Waals surface area contributed by atoms with E-state index >= 15 is 0 Å². The van der Waals surface area contributed by atoms with Crippen molar-refractivity contribution in [3.63, 3.8) is 0 Å². The van der Waals surface area contributed by atoms with Crippen molar-refractivity contribution in [2.24, 2.45) is 0 Å². The van der Waals surface area contributed by atoms with Gasteiger partial charge in [0.2, 0.25) is 0 Å². The normalized spacial score (nSPS) is 10.2. The summed E-state index contributed by atoms with van der Waals surface area (Å²) in [6, 6.07) is 15.4. The molecule has 0 bridgehead atoms. The average Bonchev–Trinajstić information content (AvgIpc) is 3.17. The van der Waals surface area contributed by atoms with Crippen LogP contribution in [0.3, 0.4) is 0 Å². The van der Waals surface area contributed by atoms with E-state index in [-0.39, 0.29) is 11.7 Å². The highest BCUT2D eigenvalue weighted by Gasteiger charge is 2.17. The summed E-state index contributed by atoms with van der Waals surface area (Å²) in [4.78, 5) is 23.3. The number of nitrogens with one attached hydrogen (secondary N) is 1. The predicted octanol–water partition coefficient (Wildman–Crippen LogP) is 4.03. The molecule has 0 aliphatic rings. The predicted molar refractivity (Wildman–Crippen MR) is 97.0 cm³/mol. The molecule has 2 aromatic carbocycles. The van der Waals surface area contributed by atoms with Gasteiger partial charge in [-0.15, -0.1) is 0 Å². The average molecular weight is 351 g/mol. The lowest BCUT2D eigenvalue weighted by Gasteiger charge is -2.14. The first-order chi connectivity index (χ1) is 12.7. The van der Waals surface area contributed by atoms with E-state index in [2.05, 4.69) is 5.32 Å². The van der Waals surface area contributed by atoms with Crippen LogP contribution >= 0.6 is 0 Å². The number of anilines is 1. The Labute approximate surface area is 150 Å². The van der Waals surface area contributed by atoms with Gasteiger partial charge in [-0.3, -0.25) is 9.59 Å². The maximum atomic E-state index is 12.4. The van der Waals surface area contributed by atoms with Crippen LogP contribution in [0.1, 0.15) is 20.9 Å². The number of hydrogen-bond acceptors (Lipinski definition) is 5. The highest BCUT2D eigenvalue weighted by Crippen LogP contribution is 2.39. The van der Waals surface area contributed by atoms with Gasteiger partial charge in [-0.1, -0.05) is 18.2 Å². The monoisotopic (exact) mass is 351 g/mol. The van der Waals surface area contributed by atoms with Gasteiger partial charge in [-0.2, -0.15) is 0 Å². The number of aldehydes is 1. The van der Waals surface area contributed by atoms with Gasteiger partial charge in [0.15, 0.2) is 12.0 Å². The van der Waals surface area contributed by atoms with Gasteiger partial charge < -0.3 is 19.2 Å². The first kappa shape index (κ1) is 17.3. The van der Waals surface area contributed by atoms with Crippen molar-refractivity contribution in [3.8, 4) is 22.8 Å². The van der Waals surface area contributed by atoms with Crippen molar-refractivity contribution in [1.29, 1.82) is 0 Å². The second-order valence-corrected chi connectivity index (χ2v) is 5.39. The standard InChI is InChI=1S/C20H17NO5/c1-24-18-11-16(21-20(23)13-6-4-3-5-7-13)19(25-2)10-15(18)17-9-8-14(12-22)26-17/h3-12H,1-2H3,(H,21,23). The number of hydrogen-bond donors (Lipinski definition) is 1. The summed E-state index contributed by atoms with van der Waals surface area (Å²) in [7, 11) is 3.01. The summed E-state index contributed by atoms with van der Waals surface area (Å²) in [6.07, 6.45) is 0.627. The molecule has 0 aliphatic heterocycles. The molecule has 0 aliphatic carbocycles. The molecule has 1 aromatic heterocycles. The fraction of sp³-hybridized carbons (Fsp3) is 0.100. The lowest BCUT2D eigenvalue weighted by molar-refractivity contribution is 0.102. The van der Waals surface area contributed by atoms with Crippen LogP contribution in [-0.4, -0.2) is 26.4 Å². The van der Waals surface area contributed by atoms with Crippen LogP contribution in [0.4, 0.5) is 5.69 Å². The Morgan fingerprint density at radius 2 is 1.73 bits per heavy atom. The van der Waals surface area contributed by atoms with Gasteiger partial charge in [0.1, 0.15) is 17.3 Å². The number of benzene rings is 2. The number of rotatable bonds is 6. The molecule has 0 spiro atoms. The van der Waals surface area contributed by atoms with Gasteiger partial charge in [0, 0.05) is 11.6 Å². The zero-order chi connectivity index (χ0) is 18.5. The van der Waals surface area contributed by atoms with E-state index in [9.17, 15) is 9.59 Å². The third kappa shape index (κ3) is 3.44. The van der Waals surface area contributed by atoms with E-state index in [1.807, 2.05) is 6.07 Å². The Balaban J connectivity index is 1.99. The molecule has 6 nitrogen and oxygen atoms in total. The topological polar surface area (TPSA) is 77.8 Å². The lowest BCUT2D eigenvalue weighted by atomic mass is 10.1. The minimum atomic E-state index is -0.264. The van der Waals surface area contributed by atoms with Crippen LogP contribution in [0, 0.1) is 0 Å². The first-order valence-electron chi connectivity index (χ1n) is 7.84. The molecule has 1 amide bonds. The molecule has 3 aromatic rings. The highest BCUT2D eigenvalue weighted by molar-refractivity contribution is 6.05. The van der Waals surface area contributed by atoms with Crippen LogP contribution in [0.5, 0.6) is 11.5 Å². The maximum Gasteiger partial charge on any atom is 0.255 e. The number of carbonyl (C=O) groups is 2. The maximum absolute atomic E-state index is 12.4. The van der Waals surface area contributed by atoms with Crippen LogP contribution < -0.4 is 14.8 Å². The molecule has 26 heavy (non-hydrogen) atoms. The zero-order valence-electron chi connectivity index (χ0n) is 14.3. The molecule has 0 atom stereocenters. The molecular formula is C20H17NO5. The molecule has 1 heterocycles. The van der Waals surface area contributed by atoms with Crippen molar-refractivity contribution >= 4 is 17.9 Å². The third-order valence-corrected chi connectivity index (χ3v) is 3.81. The van der Waals surface area contributed by atoms with Gasteiger partial charge in [-0.05, 0) is 30.3 Å². The smallest absolute Gasteiger partial charge is 0.255 e. The molecule has 3 rings (SSSR count). The lowest BCUT2D eigenvalue weighted by Crippen LogP contribution is -2.12. The molecule has 0 radical (unpaired) electrons. The molecule has 0 saturated heterocycles.